The molecule has 2 aliphatic rings. The maximum absolute atomic E-state index is 15.6. The molecule has 1 saturated heterocycles. The molecule has 0 spiro atoms. The number of methoxy groups -OCH3 is 1. The van der Waals surface area contributed by atoms with Crippen LogP contribution in [0.25, 0.3) is 22.5 Å². The van der Waals surface area contributed by atoms with Crippen molar-refractivity contribution in [3.05, 3.63) is 81.8 Å². The Kier molecular flexibility index (Phi) is 10.7. The molecule has 1 amide bonds. The van der Waals surface area contributed by atoms with Crippen LogP contribution in [0.5, 0.6) is 5.88 Å². The highest BCUT2D eigenvalue weighted by Crippen LogP contribution is 2.41. The second kappa shape index (κ2) is 15.1. The van der Waals surface area contributed by atoms with Gasteiger partial charge in [0.1, 0.15) is 0 Å². The highest BCUT2D eigenvalue weighted by atomic mass is 35.5. The first-order chi connectivity index (χ1) is 23.2. The number of piperidine rings is 1. The Morgan fingerprint density at radius 3 is 2.42 bits per heavy atom. The molecular weight excluding hydrogens is 656 g/mol. The minimum atomic E-state index is -0.477. The lowest BCUT2D eigenvalue weighted by Crippen LogP contribution is -2.44. The van der Waals surface area contributed by atoms with Crippen molar-refractivity contribution < 1.29 is 19.0 Å². The average Bonchev–Trinajstić information content (AvgIpc) is 3.08. The number of amides is 1. The first-order valence-corrected chi connectivity index (χ1v) is 16.8. The van der Waals surface area contributed by atoms with Gasteiger partial charge in [-0.1, -0.05) is 41.4 Å². The van der Waals surface area contributed by atoms with Gasteiger partial charge >= 0.3 is 0 Å². The van der Waals surface area contributed by atoms with Crippen LogP contribution in [0.3, 0.4) is 0 Å². The number of carbonyl (C=O) groups is 1. The zero-order chi connectivity index (χ0) is 33.8. The SMILES string of the molecule is COc1nc(-c2ccnc(-c3cccc(Nc4nccc(CNC5CCN(C(C)=O)CC5)c4F)c3Cl)c2Cl)ccc1CNC1CC(O)C1. The lowest BCUT2D eigenvalue weighted by molar-refractivity contribution is -0.129. The number of nitrogens with one attached hydrogen (secondary N) is 3. The summed E-state index contributed by atoms with van der Waals surface area (Å²) in [4.78, 5) is 27.0. The Labute approximate surface area is 289 Å². The molecule has 252 valence electrons. The number of hydrogen-bond acceptors (Lipinski definition) is 9. The Balaban J connectivity index is 1.18. The van der Waals surface area contributed by atoms with Gasteiger partial charge in [-0.2, -0.15) is 0 Å². The van der Waals surface area contributed by atoms with E-state index in [4.69, 9.17) is 32.9 Å². The van der Waals surface area contributed by atoms with Gasteiger partial charge in [0.25, 0.3) is 0 Å². The first-order valence-electron chi connectivity index (χ1n) is 16.0. The molecular formula is C35H38Cl2FN7O3. The molecule has 4 aromatic rings. The average molecular weight is 695 g/mol. The van der Waals surface area contributed by atoms with Crippen molar-refractivity contribution in [2.75, 3.05) is 25.5 Å². The van der Waals surface area contributed by atoms with Crippen LogP contribution >= 0.6 is 23.2 Å². The van der Waals surface area contributed by atoms with Crippen molar-refractivity contribution in [1.82, 2.24) is 30.5 Å². The van der Waals surface area contributed by atoms with Gasteiger partial charge in [-0.05, 0) is 49.9 Å². The standard InChI is InChI=1S/C35H38Cl2FN7O3/c1-20(46)45-14-10-23(11-15-45)41-18-21-8-12-40-34(32(21)38)43-29-5-3-4-27(30(29)36)33-31(37)26(9-13-39-33)28-7-6-22(35(44-28)48-2)19-42-24-16-25(47)17-24/h3-9,12-13,23-25,41-42,47H,10-11,14-19H2,1-2H3,(H,40,43). The number of anilines is 2. The van der Waals surface area contributed by atoms with Gasteiger partial charge < -0.3 is 30.7 Å². The smallest absolute Gasteiger partial charge is 0.219 e. The number of aromatic nitrogens is 3. The molecule has 1 aromatic carbocycles. The number of hydrogen-bond donors (Lipinski definition) is 4. The Morgan fingerprint density at radius 2 is 1.69 bits per heavy atom. The van der Waals surface area contributed by atoms with Crippen LogP contribution in [-0.4, -0.2) is 69.3 Å². The molecule has 4 heterocycles. The molecule has 0 atom stereocenters. The molecule has 0 unspecified atom stereocenters. The number of benzene rings is 1. The molecule has 1 aliphatic heterocycles. The number of aliphatic hydroxyl groups is 1. The monoisotopic (exact) mass is 693 g/mol. The van der Waals surface area contributed by atoms with E-state index < -0.39 is 5.82 Å². The third kappa shape index (κ3) is 7.55. The third-order valence-electron chi connectivity index (χ3n) is 8.99. The van der Waals surface area contributed by atoms with Crippen molar-refractivity contribution in [1.29, 1.82) is 0 Å². The normalized spacial score (nSPS) is 18.0. The van der Waals surface area contributed by atoms with E-state index in [0.717, 1.165) is 31.2 Å². The minimum absolute atomic E-state index is 0.0481. The summed E-state index contributed by atoms with van der Waals surface area (Å²) in [6.07, 6.45) is 6.07. The maximum atomic E-state index is 15.6. The van der Waals surface area contributed by atoms with Crippen LogP contribution in [-0.2, 0) is 17.9 Å². The summed E-state index contributed by atoms with van der Waals surface area (Å²) in [6, 6.07) is 13.1. The summed E-state index contributed by atoms with van der Waals surface area (Å²) in [5.41, 5.74) is 4.06. The zero-order valence-corrected chi connectivity index (χ0v) is 28.3. The summed E-state index contributed by atoms with van der Waals surface area (Å²) < 4.78 is 21.2. The van der Waals surface area contributed by atoms with Crippen LogP contribution in [0.4, 0.5) is 15.9 Å². The second-order valence-corrected chi connectivity index (χ2v) is 12.9. The Hall–Kier alpha value is -3.87. The largest absolute Gasteiger partial charge is 0.481 e. The zero-order valence-electron chi connectivity index (χ0n) is 26.8. The van der Waals surface area contributed by atoms with Crippen molar-refractivity contribution >= 4 is 40.6 Å². The summed E-state index contributed by atoms with van der Waals surface area (Å²) >= 11 is 13.8. The molecule has 0 bridgehead atoms. The van der Waals surface area contributed by atoms with Crippen molar-refractivity contribution in [2.45, 2.75) is 63.9 Å². The number of halogens is 3. The lowest BCUT2D eigenvalue weighted by Gasteiger charge is -2.32. The summed E-state index contributed by atoms with van der Waals surface area (Å²) in [7, 11) is 1.57. The maximum Gasteiger partial charge on any atom is 0.219 e. The van der Waals surface area contributed by atoms with E-state index in [1.807, 2.05) is 17.0 Å². The fourth-order valence-electron chi connectivity index (χ4n) is 6.07. The summed E-state index contributed by atoms with van der Waals surface area (Å²) in [5, 5.41) is 20.1. The van der Waals surface area contributed by atoms with Crippen molar-refractivity contribution in [3.63, 3.8) is 0 Å². The molecule has 2 fully saturated rings. The molecule has 6 rings (SSSR count). The Bertz CT molecular complexity index is 1780. The van der Waals surface area contributed by atoms with Gasteiger partial charge in [0.15, 0.2) is 11.6 Å². The van der Waals surface area contributed by atoms with Crippen molar-refractivity contribution in [2.24, 2.45) is 0 Å². The first kappa shape index (κ1) is 34.0. The number of aliphatic hydroxyl groups excluding tert-OH is 1. The van der Waals surface area contributed by atoms with Crippen LogP contribution < -0.4 is 20.7 Å². The van der Waals surface area contributed by atoms with Gasteiger partial charge in [-0.15, -0.1) is 0 Å². The van der Waals surface area contributed by atoms with Gasteiger partial charge in [-0.25, -0.2) is 14.4 Å². The number of carbonyl (C=O) groups excluding carboxylic acids is 1. The van der Waals surface area contributed by atoms with E-state index in [1.54, 1.807) is 56.8 Å². The number of likely N-dealkylation sites (tertiary alicyclic amines) is 1. The summed E-state index contributed by atoms with van der Waals surface area (Å²) in [6.45, 7) is 3.86. The fourth-order valence-corrected chi connectivity index (χ4v) is 6.64. The second-order valence-electron chi connectivity index (χ2n) is 12.2. The van der Waals surface area contributed by atoms with E-state index in [9.17, 15) is 9.90 Å². The number of rotatable bonds is 11. The predicted octanol–water partition coefficient (Wildman–Crippen LogP) is 6.12. The third-order valence-corrected chi connectivity index (χ3v) is 9.78. The highest BCUT2D eigenvalue weighted by molar-refractivity contribution is 6.39. The minimum Gasteiger partial charge on any atom is -0.481 e. The van der Waals surface area contributed by atoms with Gasteiger partial charge in [-0.3, -0.25) is 9.78 Å². The van der Waals surface area contributed by atoms with Gasteiger partial charge in [0.05, 0.1) is 40.3 Å². The van der Waals surface area contributed by atoms with E-state index in [-0.39, 0.29) is 29.9 Å². The van der Waals surface area contributed by atoms with E-state index in [0.29, 0.717) is 75.9 Å². The topological polar surface area (TPSA) is 125 Å². The van der Waals surface area contributed by atoms with Gasteiger partial charge in [0.2, 0.25) is 11.8 Å². The van der Waals surface area contributed by atoms with Crippen molar-refractivity contribution in [3.8, 4) is 28.4 Å². The van der Waals surface area contributed by atoms with E-state index >= 15 is 4.39 Å². The lowest BCUT2D eigenvalue weighted by atomic mass is 9.89. The van der Waals surface area contributed by atoms with Crippen LogP contribution in [0, 0.1) is 5.82 Å². The van der Waals surface area contributed by atoms with Crippen LogP contribution in [0.15, 0.2) is 54.9 Å². The van der Waals surface area contributed by atoms with Gasteiger partial charge in [0, 0.05) is 79.8 Å². The molecule has 1 aliphatic carbocycles. The molecule has 10 nitrogen and oxygen atoms in total. The molecule has 1 saturated carbocycles. The Morgan fingerprint density at radius 1 is 0.958 bits per heavy atom. The number of nitrogens with zero attached hydrogens (tertiary/aromatic N) is 4. The predicted molar refractivity (Wildman–Crippen MR) is 185 cm³/mol. The molecule has 0 radical (unpaired) electrons. The summed E-state index contributed by atoms with van der Waals surface area (Å²) in [5.74, 6) is 0.127. The van der Waals surface area contributed by atoms with Crippen LogP contribution in [0.2, 0.25) is 10.0 Å². The number of ether oxygens (including phenoxy) is 1. The van der Waals surface area contributed by atoms with E-state index in [2.05, 4.69) is 25.9 Å². The molecule has 3 aromatic heterocycles. The fraction of sp³-hybridized carbons (Fsp3) is 0.371. The number of pyridine rings is 3. The molecule has 48 heavy (non-hydrogen) atoms. The molecule has 4 N–H and O–H groups in total. The quantitative estimate of drug-likeness (QED) is 0.147. The van der Waals surface area contributed by atoms with E-state index in [1.165, 1.54) is 0 Å². The highest BCUT2D eigenvalue weighted by Gasteiger charge is 2.27. The van der Waals surface area contributed by atoms with Crippen LogP contribution in [0.1, 0.15) is 43.7 Å². The molecule has 13 heteroatoms.